The van der Waals surface area contributed by atoms with Gasteiger partial charge in [0.2, 0.25) is 0 Å². The summed E-state index contributed by atoms with van der Waals surface area (Å²) in [6.07, 6.45) is -0.768. The normalized spacial score (nSPS) is 10.3. The van der Waals surface area contributed by atoms with Crippen LogP contribution < -0.4 is 20.1 Å². The molecule has 0 aliphatic carbocycles. The van der Waals surface area contributed by atoms with Crippen molar-refractivity contribution in [1.29, 1.82) is 0 Å². The monoisotopic (exact) mass is 390 g/mol. The molecule has 29 heavy (non-hydrogen) atoms. The number of carbonyl (C=O) groups excluding carboxylic acids is 2. The maximum Gasteiger partial charge on any atom is 0.253 e. The number of benzene rings is 3. The second kappa shape index (κ2) is 9.41. The van der Waals surface area contributed by atoms with Crippen LogP contribution in [-0.2, 0) is 0 Å². The molecule has 0 bridgehead atoms. The molecule has 0 aliphatic heterocycles. The molecule has 2 N–H and O–H groups in total. The van der Waals surface area contributed by atoms with Gasteiger partial charge in [-0.05, 0) is 42.0 Å². The Morgan fingerprint density at radius 3 is 1.62 bits per heavy atom. The fourth-order valence-corrected chi connectivity index (χ4v) is 2.84. The number of carbonyl (C=O) groups is 2. The number of rotatable bonds is 7. The number of hydrogen-bond acceptors (Lipinski definition) is 4. The summed E-state index contributed by atoms with van der Waals surface area (Å²) in [5.74, 6) is 0.439. The third kappa shape index (κ3) is 4.93. The third-order valence-electron chi connectivity index (χ3n) is 4.36. The van der Waals surface area contributed by atoms with Gasteiger partial charge in [-0.3, -0.25) is 9.59 Å². The zero-order valence-electron chi connectivity index (χ0n) is 16.2. The molecule has 0 saturated heterocycles. The van der Waals surface area contributed by atoms with E-state index >= 15 is 0 Å². The van der Waals surface area contributed by atoms with Crippen LogP contribution in [0.15, 0.2) is 78.9 Å². The van der Waals surface area contributed by atoms with Crippen molar-refractivity contribution in [3.63, 3.8) is 0 Å². The predicted molar refractivity (Wildman–Crippen MR) is 110 cm³/mol. The van der Waals surface area contributed by atoms with Crippen LogP contribution in [0.2, 0.25) is 0 Å². The molecule has 3 rings (SSSR count). The van der Waals surface area contributed by atoms with E-state index in [0.29, 0.717) is 28.2 Å². The molecular formula is C23H22N2O4. The van der Waals surface area contributed by atoms with Crippen LogP contribution in [-0.4, -0.2) is 26.0 Å². The molecule has 148 valence electrons. The Morgan fingerprint density at radius 2 is 1.17 bits per heavy atom. The van der Waals surface area contributed by atoms with E-state index in [1.807, 2.05) is 12.1 Å². The summed E-state index contributed by atoms with van der Waals surface area (Å²) in [4.78, 5) is 25.4. The molecule has 0 unspecified atom stereocenters. The molecule has 3 aromatic rings. The van der Waals surface area contributed by atoms with E-state index in [4.69, 9.17) is 9.47 Å². The molecule has 3 aromatic carbocycles. The van der Waals surface area contributed by atoms with Gasteiger partial charge in [-0.1, -0.05) is 42.5 Å². The summed E-state index contributed by atoms with van der Waals surface area (Å²) in [6.45, 7) is 0. The van der Waals surface area contributed by atoms with Gasteiger partial charge >= 0.3 is 0 Å². The Morgan fingerprint density at radius 1 is 0.690 bits per heavy atom. The highest BCUT2D eigenvalue weighted by atomic mass is 16.5. The zero-order chi connectivity index (χ0) is 20.6. The molecule has 0 radical (unpaired) electrons. The molecule has 2 amide bonds. The predicted octanol–water partition coefficient (Wildman–Crippen LogP) is 3.56. The molecule has 0 aliphatic rings. The zero-order valence-corrected chi connectivity index (χ0v) is 16.2. The average Bonchev–Trinajstić information content (AvgIpc) is 2.79. The van der Waals surface area contributed by atoms with Crippen molar-refractivity contribution in [1.82, 2.24) is 10.6 Å². The summed E-state index contributed by atoms with van der Waals surface area (Å²) >= 11 is 0. The Balaban J connectivity index is 1.90. The Labute approximate surface area is 169 Å². The minimum atomic E-state index is -0.768. The summed E-state index contributed by atoms with van der Waals surface area (Å²) in [5.41, 5.74) is 1.63. The van der Waals surface area contributed by atoms with E-state index in [-0.39, 0.29) is 11.8 Å². The number of hydrogen-bond donors (Lipinski definition) is 2. The van der Waals surface area contributed by atoms with Crippen LogP contribution in [0.1, 0.15) is 32.4 Å². The Hall–Kier alpha value is -3.80. The molecule has 0 fully saturated rings. The van der Waals surface area contributed by atoms with Gasteiger partial charge in [-0.15, -0.1) is 0 Å². The maximum atomic E-state index is 12.7. The topological polar surface area (TPSA) is 76.7 Å². The SMILES string of the molecule is COc1ccc(C(NC(=O)c2ccccc2)NC(=O)c2ccccc2)cc1OC. The fraction of sp³-hybridized carbons (Fsp3) is 0.130. The molecular weight excluding hydrogens is 368 g/mol. The van der Waals surface area contributed by atoms with Crippen LogP contribution in [0, 0.1) is 0 Å². The number of methoxy groups -OCH3 is 2. The van der Waals surface area contributed by atoms with E-state index in [1.54, 1.807) is 73.8 Å². The van der Waals surface area contributed by atoms with Crippen molar-refractivity contribution in [2.45, 2.75) is 6.17 Å². The van der Waals surface area contributed by atoms with Gasteiger partial charge in [0.25, 0.3) is 11.8 Å². The van der Waals surface area contributed by atoms with E-state index in [0.717, 1.165) is 0 Å². The largest absolute Gasteiger partial charge is 0.493 e. The van der Waals surface area contributed by atoms with Crippen molar-refractivity contribution in [3.8, 4) is 11.5 Å². The fourth-order valence-electron chi connectivity index (χ4n) is 2.84. The lowest BCUT2D eigenvalue weighted by Crippen LogP contribution is -2.41. The summed E-state index contributed by atoms with van der Waals surface area (Å²) < 4.78 is 10.6. The minimum Gasteiger partial charge on any atom is -0.493 e. The molecule has 0 aromatic heterocycles. The van der Waals surface area contributed by atoms with E-state index in [9.17, 15) is 9.59 Å². The maximum absolute atomic E-state index is 12.7. The van der Waals surface area contributed by atoms with Gasteiger partial charge in [0, 0.05) is 11.1 Å². The van der Waals surface area contributed by atoms with E-state index < -0.39 is 6.17 Å². The van der Waals surface area contributed by atoms with Gasteiger partial charge < -0.3 is 20.1 Å². The Kier molecular flexibility index (Phi) is 6.47. The first kappa shape index (κ1) is 19.9. The van der Waals surface area contributed by atoms with Crippen molar-refractivity contribution < 1.29 is 19.1 Å². The van der Waals surface area contributed by atoms with Gasteiger partial charge in [-0.2, -0.15) is 0 Å². The first-order valence-corrected chi connectivity index (χ1v) is 9.06. The highest BCUT2D eigenvalue weighted by Gasteiger charge is 2.20. The van der Waals surface area contributed by atoms with Crippen LogP contribution >= 0.6 is 0 Å². The molecule has 6 heteroatoms. The summed E-state index contributed by atoms with van der Waals surface area (Å²) in [7, 11) is 3.07. The van der Waals surface area contributed by atoms with Crippen LogP contribution in [0.25, 0.3) is 0 Å². The molecule has 6 nitrogen and oxygen atoms in total. The quantitative estimate of drug-likeness (QED) is 0.605. The van der Waals surface area contributed by atoms with E-state index in [1.165, 1.54) is 7.11 Å². The molecule has 0 saturated carbocycles. The minimum absolute atomic E-state index is 0.307. The first-order chi connectivity index (χ1) is 14.1. The van der Waals surface area contributed by atoms with Crippen molar-refractivity contribution in [2.75, 3.05) is 14.2 Å². The molecule has 0 spiro atoms. The van der Waals surface area contributed by atoms with Crippen LogP contribution in [0.5, 0.6) is 11.5 Å². The standard InChI is InChI=1S/C23H22N2O4/c1-28-19-14-13-18(15-20(19)29-2)21(24-22(26)16-9-5-3-6-10-16)25-23(27)17-11-7-4-8-12-17/h3-15,21H,1-2H3,(H,24,26)(H,25,27). The third-order valence-corrected chi connectivity index (χ3v) is 4.36. The second-order valence-electron chi connectivity index (χ2n) is 6.23. The number of amides is 2. The Bertz CT molecular complexity index is 921. The second-order valence-corrected chi connectivity index (χ2v) is 6.23. The van der Waals surface area contributed by atoms with Crippen molar-refractivity contribution in [3.05, 3.63) is 95.6 Å². The van der Waals surface area contributed by atoms with Crippen molar-refractivity contribution >= 4 is 11.8 Å². The van der Waals surface area contributed by atoms with Crippen molar-refractivity contribution in [2.24, 2.45) is 0 Å². The van der Waals surface area contributed by atoms with Gasteiger partial charge in [0.15, 0.2) is 11.5 Å². The van der Waals surface area contributed by atoms with E-state index in [2.05, 4.69) is 10.6 Å². The van der Waals surface area contributed by atoms with Gasteiger partial charge in [0.05, 0.1) is 14.2 Å². The van der Waals surface area contributed by atoms with Crippen LogP contribution in [0.3, 0.4) is 0 Å². The number of nitrogens with one attached hydrogen (secondary N) is 2. The summed E-state index contributed by atoms with van der Waals surface area (Å²) in [6, 6.07) is 22.8. The highest BCUT2D eigenvalue weighted by Crippen LogP contribution is 2.29. The van der Waals surface area contributed by atoms with Gasteiger partial charge in [0.1, 0.15) is 6.17 Å². The lowest BCUT2D eigenvalue weighted by atomic mass is 10.1. The first-order valence-electron chi connectivity index (χ1n) is 9.06. The van der Waals surface area contributed by atoms with Gasteiger partial charge in [-0.25, -0.2) is 0 Å². The molecule has 0 heterocycles. The highest BCUT2D eigenvalue weighted by molar-refractivity contribution is 5.96. The lowest BCUT2D eigenvalue weighted by molar-refractivity contribution is 0.0883. The summed E-state index contributed by atoms with van der Waals surface area (Å²) in [5, 5.41) is 5.74. The average molecular weight is 390 g/mol. The smallest absolute Gasteiger partial charge is 0.253 e. The number of ether oxygens (including phenoxy) is 2. The molecule has 0 atom stereocenters. The lowest BCUT2D eigenvalue weighted by Gasteiger charge is -2.22. The van der Waals surface area contributed by atoms with Crippen LogP contribution in [0.4, 0.5) is 0 Å².